The van der Waals surface area contributed by atoms with Gasteiger partial charge in [0, 0.05) is 0 Å². The summed E-state index contributed by atoms with van der Waals surface area (Å²) in [5.41, 5.74) is 0. The maximum Gasteiger partial charge on any atom is 2.00 e. The zero-order valence-corrected chi connectivity index (χ0v) is 70.1. The molecule has 760 valence electrons. The van der Waals surface area contributed by atoms with Crippen LogP contribution in [0.25, 0.3) is 0 Å². The Labute approximate surface area is 939 Å². The van der Waals surface area contributed by atoms with Crippen molar-refractivity contribution in [1.82, 2.24) is 0 Å². The van der Waals surface area contributed by atoms with E-state index in [-0.39, 0.29) is 957 Å². The van der Waals surface area contributed by atoms with Crippen LogP contribution in [0, 0.1) is 0 Å². The summed E-state index contributed by atoms with van der Waals surface area (Å²) in [5.74, 6) is 0. The minimum absolute atomic E-state index is 0. The summed E-state index contributed by atoms with van der Waals surface area (Å²) in [7, 11) is 0. The summed E-state index contributed by atoms with van der Waals surface area (Å²) in [6.07, 6.45) is 0. The van der Waals surface area contributed by atoms with Gasteiger partial charge in [-0.05, 0) is 0 Å². The third-order valence-corrected chi connectivity index (χ3v) is 0. The molecule has 0 N–H and O–H groups in total. The Hall–Kier alpha value is 18.8. The first-order chi connectivity index (χ1) is 0. The third kappa shape index (κ3) is 3390. The van der Waals surface area contributed by atoms with Gasteiger partial charge in [0.05, 0.1) is 0 Å². The summed E-state index contributed by atoms with van der Waals surface area (Å²) < 4.78 is 0. The van der Waals surface area contributed by atoms with Crippen molar-refractivity contribution >= 4 is 0 Å². The van der Waals surface area contributed by atoms with Gasteiger partial charge in [-0.1, -0.05) is 0 Å². The van der Waals surface area contributed by atoms with Crippen LogP contribution in [-0.2, 0) is 957 Å². The van der Waals surface area contributed by atoms with Crippen LogP contribution in [-0.4, -0.2) is 0 Å². The van der Waals surface area contributed by atoms with Crippen molar-refractivity contribution in [1.29, 1.82) is 0 Å². The topological polar surface area (TPSA) is 1420 Å². The second-order valence-electron chi connectivity index (χ2n) is 0. The van der Waals surface area contributed by atoms with Gasteiger partial charge >= 0.3 is 683 Å². The van der Waals surface area contributed by atoms with Crippen molar-refractivity contribution in [3.05, 3.63) is 0 Å². The second kappa shape index (κ2) is 3480. The molecule has 40 radical (unpaired) electrons. The van der Waals surface area contributed by atoms with Gasteiger partial charge in [-0.2, -0.15) is 0 Å². The Kier molecular flexibility index (Phi) is 139000. The zero-order valence-electron chi connectivity index (χ0n) is 32.5. The van der Waals surface area contributed by atoms with Gasteiger partial charge in [0.2, 0.25) is 0 Å². The van der Waals surface area contributed by atoms with Crippen molar-refractivity contribution in [2.45, 2.75) is 0 Å². The minimum Gasteiger partial charge on any atom is -2.00 e. The van der Waals surface area contributed by atoms with E-state index >= 15 is 0 Å². The van der Waals surface area contributed by atoms with Crippen molar-refractivity contribution < 1.29 is 957 Å². The fourth-order valence-corrected chi connectivity index (χ4v) is 0. The average molecular weight is 3340 g/mol. The standard InChI is InChI=1S/40Cu.50O/q40*+2;50*-2. The van der Waals surface area contributed by atoms with E-state index in [1.807, 2.05) is 0 Å². The van der Waals surface area contributed by atoms with Gasteiger partial charge in [0.1, 0.15) is 0 Å². The SMILES string of the molecule is [Cu+2].[Cu+2].[Cu+2].[Cu+2].[Cu+2].[Cu+2].[Cu+2].[Cu+2].[Cu+2].[Cu+2].[Cu+2].[Cu+2].[Cu+2].[Cu+2].[Cu+2].[Cu+2].[Cu+2].[Cu+2].[Cu+2].[Cu+2].[Cu+2].[Cu+2].[Cu+2].[Cu+2].[Cu+2].[Cu+2].[Cu+2].[Cu+2].[Cu+2].[Cu+2].[Cu+2].[Cu+2].[Cu+2].[Cu+2].[Cu+2].[Cu+2].[Cu+2].[Cu+2].[Cu+2].[Cu+2].[O-2].[O-2].[O-2].[O-2].[O-2].[O-2].[O-2].[O-2].[O-2].[O-2].[O-2].[O-2].[O-2].[O-2].[O-2].[O-2].[O-2].[O-2].[O-2].[O-2].[O-2].[O-2].[O-2].[O-2].[O-2].[O-2].[O-2].[O-2].[O-2].[O-2].[O-2].[O-2].[O-2].[O-2].[O-2].[O-2].[O-2].[O-2].[O-2].[O-2].[O-2].[O-2].[O-2].[O-2].[O-2].[O-2].[O-2].[O-2].[O-2].[O-2]. The van der Waals surface area contributed by atoms with E-state index in [2.05, 4.69) is 0 Å². The van der Waals surface area contributed by atoms with E-state index in [9.17, 15) is 0 Å². The van der Waals surface area contributed by atoms with Crippen LogP contribution in [0.4, 0.5) is 0 Å². The van der Waals surface area contributed by atoms with Crippen molar-refractivity contribution in [3.8, 4) is 0 Å². The molecule has 0 spiro atoms. The summed E-state index contributed by atoms with van der Waals surface area (Å²) >= 11 is 0. The van der Waals surface area contributed by atoms with Gasteiger partial charge in [-0.15, -0.1) is 0 Å². The maximum atomic E-state index is 0. The molecule has 0 aliphatic carbocycles. The summed E-state index contributed by atoms with van der Waals surface area (Å²) in [6, 6.07) is 0. The van der Waals surface area contributed by atoms with Gasteiger partial charge in [-0.25, -0.2) is 0 Å². The predicted molar refractivity (Wildman–Crippen MR) is 34.3 cm³/mol. The molecule has 0 amide bonds. The molecule has 90 heavy (non-hydrogen) atoms. The molecule has 0 saturated heterocycles. The monoisotopic (exact) mass is 3320 g/mol. The molecular weight excluding hydrogens is 3340 g/mol. The molecule has 0 aliphatic heterocycles. The molecule has 90 heteroatoms. The Bertz CT molecular complexity index is 89.2. The second-order valence-corrected chi connectivity index (χ2v) is 0. The maximum absolute atomic E-state index is 0. The van der Waals surface area contributed by atoms with E-state index in [1.165, 1.54) is 0 Å². The number of rotatable bonds is 0. The van der Waals surface area contributed by atoms with Crippen LogP contribution in [0.5, 0.6) is 0 Å². The van der Waals surface area contributed by atoms with Gasteiger partial charge in [-0.3, -0.25) is 0 Å². The van der Waals surface area contributed by atoms with Crippen LogP contribution in [0.15, 0.2) is 0 Å². The Morgan fingerprint density at radius 2 is 0.0222 bits per heavy atom. The van der Waals surface area contributed by atoms with E-state index in [4.69, 9.17) is 0 Å². The minimum atomic E-state index is 0. The molecule has 0 rings (SSSR count). The molecule has 0 fully saturated rings. The summed E-state index contributed by atoms with van der Waals surface area (Å²) in [4.78, 5) is 0. The van der Waals surface area contributed by atoms with Gasteiger partial charge < -0.3 is 274 Å². The molecule has 0 saturated carbocycles. The van der Waals surface area contributed by atoms with Crippen LogP contribution in [0.3, 0.4) is 0 Å². The van der Waals surface area contributed by atoms with E-state index in [1.54, 1.807) is 0 Å². The van der Waals surface area contributed by atoms with Crippen LogP contribution in [0.2, 0.25) is 0 Å². The Morgan fingerprint density at radius 1 is 0.0222 bits per heavy atom. The molecule has 50 nitrogen and oxygen atoms in total. The van der Waals surface area contributed by atoms with E-state index in [0.29, 0.717) is 0 Å². The van der Waals surface area contributed by atoms with Gasteiger partial charge in [0.25, 0.3) is 0 Å². The zero-order chi connectivity index (χ0) is 0. The van der Waals surface area contributed by atoms with Crippen molar-refractivity contribution in [3.63, 3.8) is 0 Å². The molecule has 0 aromatic carbocycles. The summed E-state index contributed by atoms with van der Waals surface area (Å²) in [5, 5.41) is 0. The molecule has 0 heterocycles. The fourth-order valence-electron chi connectivity index (χ4n) is 0. The third-order valence-electron chi connectivity index (χ3n) is 0. The quantitative estimate of drug-likeness (QED) is 0.205. The Morgan fingerprint density at radius 3 is 0.0222 bits per heavy atom. The molecular formula is Cu40O50-20. The first kappa shape index (κ1) is 3580. The number of hydrogen-bond donors (Lipinski definition) is 0. The normalized spacial score (nSPS) is 0. The van der Waals surface area contributed by atoms with Crippen LogP contribution >= 0.6 is 0 Å². The fraction of sp³-hybridized carbons (Fsp3) is 0. The first-order valence-corrected chi connectivity index (χ1v) is 0. The molecule has 0 aromatic heterocycles. The first-order valence-electron chi connectivity index (χ1n) is 0. The molecule has 0 bridgehead atoms. The molecule has 0 aromatic rings. The summed E-state index contributed by atoms with van der Waals surface area (Å²) in [6.45, 7) is 0. The van der Waals surface area contributed by atoms with Crippen molar-refractivity contribution in [2.75, 3.05) is 0 Å². The smallest absolute Gasteiger partial charge is 2.00 e. The van der Waals surface area contributed by atoms with Gasteiger partial charge in [0.15, 0.2) is 0 Å². The molecule has 0 unspecified atom stereocenters. The molecule has 0 aliphatic rings. The van der Waals surface area contributed by atoms with Crippen LogP contribution < -0.4 is 0 Å². The number of hydrogen-bond acceptors (Lipinski definition) is 0. The predicted octanol–water partition coefficient (Wildman–Crippen LogP) is -6.04. The Balaban J connectivity index is 0. The largest absolute Gasteiger partial charge is 2.00 e. The van der Waals surface area contributed by atoms with Crippen molar-refractivity contribution in [2.24, 2.45) is 0 Å². The van der Waals surface area contributed by atoms with Crippen LogP contribution in [0.1, 0.15) is 0 Å². The van der Waals surface area contributed by atoms with E-state index < -0.39 is 0 Å². The average Bonchev–Trinajstić information content (AvgIpc) is 0. The van der Waals surface area contributed by atoms with E-state index in [0.717, 1.165) is 0 Å². The molecule has 0 atom stereocenters.